The maximum atomic E-state index is 12.3. The second kappa shape index (κ2) is 8.30. The summed E-state index contributed by atoms with van der Waals surface area (Å²) in [6.45, 7) is -0.583. The number of phenolic OH excluding ortho intramolecular Hbond substituents is 1. The fourth-order valence-electron chi connectivity index (χ4n) is 2.70. The van der Waals surface area contributed by atoms with E-state index in [-0.39, 0.29) is 29.3 Å². The molecule has 2 heterocycles. The lowest BCUT2D eigenvalue weighted by Gasteiger charge is -2.39. The maximum absolute atomic E-state index is 12.3. The van der Waals surface area contributed by atoms with Gasteiger partial charge in [-0.05, 0) is 12.1 Å². The zero-order valence-corrected chi connectivity index (χ0v) is 14.8. The van der Waals surface area contributed by atoms with Crippen LogP contribution >= 0.6 is 11.3 Å². The van der Waals surface area contributed by atoms with Crippen LogP contribution in [0.25, 0.3) is 0 Å². The summed E-state index contributed by atoms with van der Waals surface area (Å²) >= 11 is 1.37. The molecule has 0 bridgehead atoms. The van der Waals surface area contributed by atoms with E-state index in [1.165, 1.54) is 29.5 Å². The van der Waals surface area contributed by atoms with Gasteiger partial charge in [0, 0.05) is 11.4 Å². The molecule has 0 unspecified atom stereocenters. The van der Waals surface area contributed by atoms with Gasteiger partial charge in [-0.25, -0.2) is 4.98 Å². The predicted molar refractivity (Wildman–Crippen MR) is 92.7 cm³/mol. The van der Waals surface area contributed by atoms with Gasteiger partial charge >= 0.3 is 0 Å². The van der Waals surface area contributed by atoms with Gasteiger partial charge in [-0.2, -0.15) is 0 Å². The number of benzene rings is 1. The van der Waals surface area contributed by atoms with Crippen LogP contribution in [0.3, 0.4) is 0 Å². The summed E-state index contributed by atoms with van der Waals surface area (Å²) in [7, 11) is 0. The number of Topliss-reactive ketones (excluding diaryl/α,β-unsaturated/α-hetero) is 1. The van der Waals surface area contributed by atoms with E-state index in [1.807, 2.05) is 0 Å². The summed E-state index contributed by atoms with van der Waals surface area (Å²) in [5.41, 5.74) is 2.30. The molecule has 0 spiro atoms. The molecule has 27 heavy (non-hydrogen) atoms. The van der Waals surface area contributed by atoms with Crippen molar-refractivity contribution in [2.24, 2.45) is 0 Å². The lowest BCUT2D eigenvalue weighted by atomic mass is 9.99. The number of aliphatic hydroxyl groups excluding tert-OH is 4. The lowest BCUT2D eigenvalue weighted by Crippen LogP contribution is -2.60. The summed E-state index contributed by atoms with van der Waals surface area (Å²) in [6.07, 6.45) is -7.09. The smallest absolute Gasteiger partial charge is 0.229 e. The second-order valence-corrected chi connectivity index (χ2v) is 6.79. The topological polar surface area (TPSA) is 150 Å². The number of nitrogens with zero attached hydrogens (tertiary/aromatic N) is 1. The molecule has 2 aromatic rings. The van der Waals surface area contributed by atoms with Crippen molar-refractivity contribution in [3.8, 4) is 11.5 Å². The third-order valence-corrected chi connectivity index (χ3v) is 4.83. The van der Waals surface area contributed by atoms with Crippen LogP contribution in [-0.2, 0) is 11.2 Å². The fourth-order valence-corrected chi connectivity index (χ4v) is 3.26. The Morgan fingerprint density at radius 1 is 1.22 bits per heavy atom. The van der Waals surface area contributed by atoms with Gasteiger partial charge in [0.05, 0.1) is 29.8 Å². The molecule has 0 amide bonds. The molecule has 0 aliphatic carbocycles. The number of hydrogen-bond acceptors (Lipinski definition) is 10. The van der Waals surface area contributed by atoms with E-state index in [1.54, 1.807) is 10.9 Å². The highest BCUT2D eigenvalue weighted by Crippen LogP contribution is 2.29. The van der Waals surface area contributed by atoms with Crippen LogP contribution < -0.4 is 4.74 Å². The summed E-state index contributed by atoms with van der Waals surface area (Å²) < 4.78 is 10.6. The quantitative estimate of drug-likeness (QED) is 0.405. The van der Waals surface area contributed by atoms with Crippen molar-refractivity contribution in [1.29, 1.82) is 0 Å². The van der Waals surface area contributed by atoms with Gasteiger partial charge in [-0.1, -0.05) is 0 Å². The highest BCUT2D eigenvalue weighted by molar-refractivity contribution is 7.07. The second-order valence-electron chi connectivity index (χ2n) is 6.07. The van der Waals surface area contributed by atoms with Gasteiger partial charge in [0.25, 0.3) is 0 Å². The molecule has 1 aliphatic heterocycles. The average molecular weight is 397 g/mol. The highest BCUT2D eigenvalue weighted by Gasteiger charge is 2.44. The first-order chi connectivity index (χ1) is 12.9. The standard InChI is InChI=1S/C17H19NO8S/c19-5-13-14(22)15(23)16(24)17(26-13)25-9-1-2-10(12(21)4-9)11(20)3-8-6-27-7-18-8/h1-2,4,6-7,13-17,19,21-24H,3,5H2/t13-,14-,15+,16-,17+/m0/s1. The molecule has 1 saturated heterocycles. The van der Waals surface area contributed by atoms with Crippen molar-refractivity contribution in [2.75, 3.05) is 6.61 Å². The minimum absolute atomic E-state index is 0.0456. The number of carbonyl (C=O) groups is 1. The number of aromatic hydroxyl groups is 1. The first-order valence-electron chi connectivity index (χ1n) is 8.11. The molecule has 9 nitrogen and oxygen atoms in total. The number of thiazole rings is 1. The normalized spacial score (nSPS) is 28.1. The molecule has 0 radical (unpaired) electrons. The number of phenols is 1. The molecule has 10 heteroatoms. The molecule has 3 rings (SSSR count). The third-order valence-electron chi connectivity index (χ3n) is 4.20. The van der Waals surface area contributed by atoms with Crippen molar-refractivity contribution >= 4 is 17.1 Å². The molecule has 0 saturated carbocycles. The van der Waals surface area contributed by atoms with Crippen molar-refractivity contribution in [1.82, 2.24) is 4.98 Å². The molecular weight excluding hydrogens is 378 g/mol. The Labute approximate surface area is 158 Å². The Morgan fingerprint density at radius 3 is 2.63 bits per heavy atom. The van der Waals surface area contributed by atoms with Crippen LogP contribution in [0, 0.1) is 0 Å². The summed E-state index contributed by atoms with van der Waals surface area (Å²) in [5.74, 6) is -0.572. The number of hydrogen-bond donors (Lipinski definition) is 5. The van der Waals surface area contributed by atoms with E-state index in [0.717, 1.165) is 0 Å². The van der Waals surface area contributed by atoms with Gasteiger partial charge in [-0.15, -0.1) is 11.3 Å². The van der Waals surface area contributed by atoms with Gasteiger partial charge in [-0.3, -0.25) is 4.79 Å². The van der Waals surface area contributed by atoms with E-state index in [9.17, 15) is 30.3 Å². The summed E-state index contributed by atoms with van der Waals surface area (Å²) in [5, 5.41) is 50.5. The number of rotatable bonds is 6. The molecule has 1 aromatic carbocycles. The predicted octanol–water partition coefficient (Wildman–Crippen LogP) is -0.547. The van der Waals surface area contributed by atoms with Gasteiger partial charge in [0.15, 0.2) is 5.78 Å². The summed E-state index contributed by atoms with van der Waals surface area (Å²) in [6, 6.07) is 3.94. The number of carbonyl (C=O) groups excluding carboxylic acids is 1. The van der Waals surface area contributed by atoms with Crippen LogP contribution in [0.2, 0.25) is 0 Å². The summed E-state index contributed by atoms with van der Waals surface area (Å²) in [4.78, 5) is 16.3. The van der Waals surface area contributed by atoms with E-state index in [4.69, 9.17) is 9.47 Å². The van der Waals surface area contributed by atoms with Gasteiger partial charge < -0.3 is 35.0 Å². The molecule has 1 aliphatic rings. The Hall–Kier alpha value is -2.08. The SMILES string of the molecule is O=C(Cc1cscn1)c1ccc(O[C@@H]2O[C@@H](CO)[C@H](O)[C@@H](O)[C@@H]2O)cc1O. The van der Waals surface area contributed by atoms with E-state index < -0.39 is 37.3 Å². The average Bonchev–Trinajstić information content (AvgIpc) is 3.15. The highest BCUT2D eigenvalue weighted by atomic mass is 32.1. The zero-order chi connectivity index (χ0) is 19.6. The molecular formula is C17H19NO8S. The first kappa shape index (κ1) is 19.7. The van der Waals surface area contributed by atoms with Crippen molar-refractivity contribution in [3.63, 3.8) is 0 Å². The molecule has 1 aromatic heterocycles. The van der Waals surface area contributed by atoms with Crippen LogP contribution in [0.5, 0.6) is 11.5 Å². The van der Waals surface area contributed by atoms with E-state index >= 15 is 0 Å². The van der Waals surface area contributed by atoms with Crippen molar-refractivity contribution in [2.45, 2.75) is 37.1 Å². The largest absolute Gasteiger partial charge is 0.507 e. The van der Waals surface area contributed by atoms with Gasteiger partial charge in [0.1, 0.15) is 35.9 Å². The molecule has 5 atom stereocenters. The first-order valence-corrected chi connectivity index (χ1v) is 9.05. The Kier molecular flexibility index (Phi) is 6.05. The maximum Gasteiger partial charge on any atom is 0.229 e. The monoisotopic (exact) mass is 397 g/mol. The fraction of sp³-hybridized carbons (Fsp3) is 0.412. The Balaban J connectivity index is 1.71. The van der Waals surface area contributed by atoms with Crippen LogP contribution in [0.15, 0.2) is 29.1 Å². The van der Waals surface area contributed by atoms with Crippen molar-refractivity contribution in [3.05, 3.63) is 40.3 Å². The number of aromatic nitrogens is 1. The minimum atomic E-state index is -1.58. The number of ketones is 1. The molecule has 5 N–H and O–H groups in total. The lowest BCUT2D eigenvalue weighted by molar-refractivity contribution is -0.277. The number of aliphatic hydroxyl groups is 4. The molecule has 1 fully saturated rings. The Bertz CT molecular complexity index is 781. The Morgan fingerprint density at radius 2 is 2.00 bits per heavy atom. The van der Waals surface area contributed by atoms with Crippen molar-refractivity contribution < 1.29 is 39.8 Å². The third kappa shape index (κ3) is 4.26. The number of ether oxygens (including phenoxy) is 2. The van der Waals surface area contributed by atoms with Crippen LogP contribution in [0.1, 0.15) is 16.1 Å². The van der Waals surface area contributed by atoms with Gasteiger partial charge in [0.2, 0.25) is 6.29 Å². The zero-order valence-electron chi connectivity index (χ0n) is 14.0. The van der Waals surface area contributed by atoms with Crippen LogP contribution in [0.4, 0.5) is 0 Å². The molecule has 146 valence electrons. The van der Waals surface area contributed by atoms with Crippen LogP contribution in [-0.4, -0.2) is 73.6 Å². The van der Waals surface area contributed by atoms with E-state index in [2.05, 4.69) is 4.98 Å². The van der Waals surface area contributed by atoms with E-state index in [0.29, 0.717) is 5.69 Å². The minimum Gasteiger partial charge on any atom is -0.507 e.